The third-order valence-corrected chi connectivity index (χ3v) is 9.31. The lowest BCUT2D eigenvalue weighted by atomic mass is 9.98. The van der Waals surface area contributed by atoms with E-state index in [0.717, 1.165) is 21.8 Å². The number of carbonyl (C=O) groups excluding carboxylic acids is 1. The number of hydrogen-bond donors (Lipinski definition) is 2. The number of halogens is 2. The molecule has 0 saturated heterocycles. The second kappa shape index (κ2) is 14.3. The molecule has 8 nitrogen and oxygen atoms in total. The predicted octanol–water partition coefficient (Wildman–Crippen LogP) is 5.88. The van der Waals surface area contributed by atoms with Crippen molar-refractivity contribution in [2.75, 3.05) is 12.0 Å². The summed E-state index contributed by atoms with van der Waals surface area (Å²) in [5.41, 5.74) is 2.86. The fourth-order valence-electron chi connectivity index (χ4n) is 4.24. The fraction of sp³-hybridized carbons (Fsp3) is 0.310. The van der Waals surface area contributed by atoms with E-state index in [0.29, 0.717) is 42.9 Å². The van der Waals surface area contributed by atoms with Gasteiger partial charge in [0, 0.05) is 23.3 Å². The summed E-state index contributed by atoms with van der Waals surface area (Å²) in [6, 6.07) is 10.5. The smallest absolute Gasteiger partial charge is 0.326 e. The zero-order chi connectivity index (χ0) is 29.4. The zero-order valence-electron chi connectivity index (χ0n) is 22.5. The van der Waals surface area contributed by atoms with Crippen LogP contribution in [0.1, 0.15) is 38.6 Å². The first-order valence-electron chi connectivity index (χ1n) is 12.8. The molecule has 0 aliphatic carbocycles. The van der Waals surface area contributed by atoms with Gasteiger partial charge < -0.3 is 19.7 Å². The second-order valence-electron chi connectivity index (χ2n) is 9.45. The number of amides is 1. The van der Waals surface area contributed by atoms with Crippen LogP contribution in [0.3, 0.4) is 0 Å². The Morgan fingerprint density at radius 2 is 2.00 bits per heavy atom. The largest absolute Gasteiger partial charge is 0.480 e. The molecular weight excluding hydrogens is 678 g/mol. The van der Waals surface area contributed by atoms with Gasteiger partial charge >= 0.3 is 5.97 Å². The Kier molecular flexibility index (Phi) is 10.8. The predicted molar refractivity (Wildman–Crippen MR) is 168 cm³/mol. The topological polar surface area (TPSA) is 106 Å². The monoisotopic (exact) mass is 708 g/mol. The van der Waals surface area contributed by atoms with E-state index >= 15 is 0 Å². The number of rotatable bonds is 14. The maximum Gasteiger partial charge on any atom is 0.326 e. The van der Waals surface area contributed by atoms with E-state index in [1.165, 1.54) is 35.2 Å². The Morgan fingerprint density at radius 1 is 1.22 bits per heavy atom. The van der Waals surface area contributed by atoms with Gasteiger partial charge in [-0.1, -0.05) is 18.2 Å². The molecule has 0 aliphatic rings. The molecule has 2 N–H and O–H groups in total. The number of aromatic nitrogens is 3. The summed E-state index contributed by atoms with van der Waals surface area (Å²) in [6.45, 7) is 2.33. The maximum absolute atomic E-state index is 13.5. The molecule has 12 heteroatoms. The van der Waals surface area contributed by atoms with Crippen molar-refractivity contribution in [3.05, 3.63) is 99.8 Å². The Labute approximate surface area is 259 Å². The van der Waals surface area contributed by atoms with E-state index in [4.69, 9.17) is 4.74 Å². The van der Waals surface area contributed by atoms with Crippen molar-refractivity contribution in [2.45, 2.75) is 42.4 Å². The van der Waals surface area contributed by atoms with Crippen molar-refractivity contribution >= 4 is 57.6 Å². The molecule has 2 aromatic heterocycles. The molecule has 0 bridgehead atoms. The van der Waals surface area contributed by atoms with E-state index in [1.54, 1.807) is 36.8 Å². The zero-order valence-corrected chi connectivity index (χ0v) is 26.3. The van der Waals surface area contributed by atoms with Gasteiger partial charge in [0.2, 0.25) is 3.61 Å². The number of ether oxygens (including phenoxy) is 1. The normalized spacial score (nSPS) is 13.4. The molecule has 4 aromatic rings. The molecule has 4 rings (SSSR count). The molecule has 0 saturated carbocycles. The number of benzene rings is 2. The number of carboxylic acid groups (broad SMARTS) is 1. The van der Waals surface area contributed by atoms with Crippen molar-refractivity contribution in [2.24, 2.45) is 0 Å². The van der Waals surface area contributed by atoms with E-state index in [2.05, 4.69) is 37.9 Å². The van der Waals surface area contributed by atoms with Gasteiger partial charge in [-0.15, -0.1) is 11.3 Å². The van der Waals surface area contributed by atoms with E-state index < -0.39 is 21.5 Å². The number of nitrogens with one attached hydrogen (secondary N) is 1. The quantitative estimate of drug-likeness (QED) is 0.125. The Morgan fingerprint density at radius 3 is 2.63 bits per heavy atom. The first-order valence-corrected chi connectivity index (χ1v) is 16.2. The summed E-state index contributed by atoms with van der Waals surface area (Å²) in [5.74, 6) is -0.849. The lowest BCUT2D eigenvalue weighted by molar-refractivity contribution is -0.139. The number of imidazole rings is 1. The minimum atomic E-state index is -1.08. The van der Waals surface area contributed by atoms with Crippen molar-refractivity contribution < 1.29 is 23.8 Å². The Bertz CT molecular complexity index is 1470. The molecule has 0 aliphatic heterocycles. The Hall–Kier alpha value is -2.97. The van der Waals surface area contributed by atoms with E-state index in [-0.39, 0.29) is 5.82 Å². The van der Waals surface area contributed by atoms with Gasteiger partial charge in [-0.2, -0.15) is 11.8 Å². The van der Waals surface area contributed by atoms with E-state index in [9.17, 15) is 19.1 Å². The second-order valence-corrected chi connectivity index (χ2v) is 13.1. The van der Waals surface area contributed by atoms with Crippen molar-refractivity contribution in [1.29, 1.82) is 0 Å². The standard InChI is InChI=1S/C29H30FIN4O4S2/c1-19-16-35(18-33-19)17-29(31,28-32-12-14-41-28)39-23-10-7-21(6-3-20-4-8-22(30)9-5-20)24(15-23)26(36)34-25(27(37)38)11-13-40-2/h4-5,7-10,12,14-16,18,25H,3,6,11,13,17H2,1-2H3,(H,34,36)(H,37,38)/t25-,29?/m0/s1. The molecule has 2 atom stereocenters. The third kappa shape index (κ3) is 8.52. The van der Waals surface area contributed by atoms with Gasteiger partial charge in [-0.3, -0.25) is 4.79 Å². The van der Waals surface area contributed by atoms with Gasteiger partial charge in [-0.05, 0) is 96.2 Å². The number of carbonyl (C=O) groups is 2. The van der Waals surface area contributed by atoms with Gasteiger partial charge in [0.15, 0.2) is 0 Å². The molecule has 2 aromatic carbocycles. The average Bonchev–Trinajstić information content (AvgIpc) is 3.63. The van der Waals surface area contributed by atoms with Crippen LogP contribution in [-0.2, 0) is 27.8 Å². The van der Waals surface area contributed by atoms with Gasteiger partial charge in [0.25, 0.3) is 5.91 Å². The highest BCUT2D eigenvalue weighted by Gasteiger charge is 2.35. The van der Waals surface area contributed by atoms with E-state index in [1.807, 2.05) is 35.4 Å². The van der Waals surface area contributed by atoms with Crippen LogP contribution in [0.2, 0.25) is 0 Å². The number of aryl methyl sites for hydroxylation is 3. The van der Waals surface area contributed by atoms with Crippen LogP contribution in [0.15, 0.2) is 66.6 Å². The first kappa shape index (κ1) is 31.0. The summed E-state index contributed by atoms with van der Waals surface area (Å²) in [5, 5.41) is 15.0. The molecular formula is C29H30FIN4O4S2. The fourth-order valence-corrected chi connectivity index (χ4v) is 6.53. The van der Waals surface area contributed by atoms with Crippen molar-refractivity contribution in [1.82, 2.24) is 19.9 Å². The number of carboxylic acids is 1. The van der Waals surface area contributed by atoms with Crippen LogP contribution in [-0.4, -0.2) is 49.6 Å². The lowest BCUT2D eigenvalue weighted by Gasteiger charge is -2.28. The van der Waals surface area contributed by atoms with Crippen LogP contribution >= 0.6 is 45.7 Å². The van der Waals surface area contributed by atoms with Gasteiger partial charge in [0.05, 0.1) is 18.6 Å². The van der Waals surface area contributed by atoms with Crippen LogP contribution < -0.4 is 10.1 Å². The number of hydrogen-bond acceptors (Lipinski definition) is 7. The number of alkyl halides is 1. The third-order valence-electron chi connectivity index (χ3n) is 6.32. The van der Waals surface area contributed by atoms with Gasteiger partial charge in [0.1, 0.15) is 22.6 Å². The summed E-state index contributed by atoms with van der Waals surface area (Å²) < 4.78 is 21.0. The van der Waals surface area contributed by atoms with Crippen LogP contribution in [0, 0.1) is 12.7 Å². The molecule has 41 heavy (non-hydrogen) atoms. The van der Waals surface area contributed by atoms with Crippen LogP contribution in [0.4, 0.5) is 4.39 Å². The summed E-state index contributed by atoms with van der Waals surface area (Å²) in [4.78, 5) is 34.2. The molecule has 0 radical (unpaired) electrons. The number of aliphatic carboxylic acids is 1. The maximum atomic E-state index is 13.5. The van der Waals surface area contributed by atoms with Crippen molar-refractivity contribution in [3.63, 3.8) is 0 Å². The number of nitrogens with zero attached hydrogens (tertiary/aromatic N) is 3. The first-order chi connectivity index (χ1) is 19.7. The minimum Gasteiger partial charge on any atom is -0.480 e. The molecule has 0 fully saturated rings. The summed E-state index contributed by atoms with van der Waals surface area (Å²) in [6.07, 6.45) is 8.62. The SMILES string of the molecule is CSCC[C@H](NC(=O)c1cc(OC(I)(Cn2cnc(C)c2)c2nccs2)ccc1CCc1ccc(F)cc1)C(=O)O. The van der Waals surface area contributed by atoms with Crippen LogP contribution in [0.25, 0.3) is 0 Å². The highest BCUT2D eigenvalue weighted by Crippen LogP contribution is 2.38. The van der Waals surface area contributed by atoms with Crippen molar-refractivity contribution in [3.8, 4) is 5.75 Å². The highest BCUT2D eigenvalue weighted by molar-refractivity contribution is 14.1. The lowest BCUT2D eigenvalue weighted by Crippen LogP contribution is -2.41. The molecule has 216 valence electrons. The van der Waals surface area contributed by atoms with Gasteiger partial charge in [-0.25, -0.2) is 19.2 Å². The minimum absolute atomic E-state index is 0.300. The average molecular weight is 709 g/mol. The van der Waals surface area contributed by atoms with Crippen LogP contribution in [0.5, 0.6) is 5.75 Å². The Balaban J connectivity index is 1.65. The summed E-state index contributed by atoms with van der Waals surface area (Å²) >= 11 is 5.21. The number of thiazole rings is 1. The molecule has 1 unspecified atom stereocenters. The molecule has 2 heterocycles. The molecule has 1 amide bonds. The number of thioether (sulfide) groups is 1. The summed E-state index contributed by atoms with van der Waals surface area (Å²) in [7, 11) is 0. The molecule has 0 spiro atoms. The highest BCUT2D eigenvalue weighted by atomic mass is 127.